The number of rotatable bonds is 4. The SMILES string of the molecule is CC1CCC(O)C(CCC2CCC(N([O-])O)CC2)N1. The van der Waals surface area contributed by atoms with Crippen LogP contribution in [0, 0.1) is 11.1 Å². The Hall–Kier alpha value is -0.200. The first-order chi connectivity index (χ1) is 9.06. The molecular weight excluding hydrogens is 244 g/mol. The smallest absolute Gasteiger partial charge is 0.0693 e. The number of aliphatic hydroxyl groups is 1. The molecule has 0 amide bonds. The molecule has 0 bridgehead atoms. The van der Waals surface area contributed by atoms with Crippen molar-refractivity contribution in [3.8, 4) is 0 Å². The summed E-state index contributed by atoms with van der Waals surface area (Å²) in [6.45, 7) is 2.17. The lowest BCUT2D eigenvalue weighted by atomic mass is 9.81. The largest absolute Gasteiger partial charge is 0.762 e. The summed E-state index contributed by atoms with van der Waals surface area (Å²) in [5.41, 5.74) is 0. The molecule has 2 rings (SSSR count). The summed E-state index contributed by atoms with van der Waals surface area (Å²) < 4.78 is 0. The predicted octanol–water partition coefficient (Wildman–Crippen LogP) is 2.02. The second-order valence-corrected chi connectivity index (χ2v) is 6.37. The monoisotopic (exact) mass is 271 g/mol. The van der Waals surface area contributed by atoms with E-state index in [1.165, 1.54) is 0 Å². The van der Waals surface area contributed by atoms with Crippen LogP contribution in [0.3, 0.4) is 0 Å². The molecule has 1 aliphatic carbocycles. The molecule has 0 aromatic rings. The molecule has 3 unspecified atom stereocenters. The van der Waals surface area contributed by atoms with Crippen LogP contribution in [0.5, 0.6) is 0 Å². The van der Waals surface area contributed by atoms with Crippen molar-refractivity contribution in [2.45, 2.75) is 82.5 Å². The molecule has 5 heteroatoms. The third-order valence-corrected chi connectivity index (χ3v) is 4.87. The third-order valence-electron chi connectivity index (χ3n) is 4.87. The lowest BCUT2D eigenvalue weighted by Crippen LogP contribution is -2.49. The van der Waals surface area contributed by atoms with Crippen LogP contribution in [-0.4, -0.2) is 39.8 Å². The van der Waals surface area contributed by atoms with Crippen LogP contribution in [0.1, 0.15) is 58.3 Å². The van der Waals surface area contributed by atoms with Crippen LogP contribution >= 0.6 is 0 Å². The first-order valence-corrected chi connectivity index (χ1v) is 7.65. The van der Waals surface area contributed by atoms with Gasteiger partial charge in [-0.3, -0.25) is 5.23 Å². The molecule has 0 radical (unpaired) electrons. The van der Waals surface area contributed by atoms with E-state index in [-0.39, 0.29) is 23.4 Å². The Morgan fingerprint density at radius 1 is 1.11 bits per heavy atom. The molecular formula is C14H27N2O3-. The van der Waals surface area contributed by atoms with E-state index in [1.807, 2.05) is 0 Å². The van der Waals surface area contributed by atoms with Gasteiger partial charge in [-0.15, -0.1) is 0 Å². The molecule has 0 spiro atoms. The minimum Gasteiger partial charge on any atom is -0.762 e. The maximum atomic E-state index is 10.8. The minimum absolute atomic E-state index is 0.129. The molecule has 1 aliphatic heterocycles. The second kappa shape index (κ2) is 6.99. The molecule has 1 saturated heterocycles. The van der Waals surface area contributed by atoms with Gasteiger partial charge in [-0.2, -0.15) is 0 Å². The number of hydroxylamine groups is 2. The van der Waals surface area contributed by atoms with Gasteiger partial charge in [-0.1, -0.05) is 0 Å². The maximum absolute atomic E-state index is 10.8. The van der Waals surface area contributed by atoms with Crippen LogP contribution in [0.15, 0.2) is 0 Å². The van der Waals surface area contributed by atoms with E-state index in [1.54, 1.807) is 0 Å². The van der Waals surface area contributed by atoms with Crippen molar-refractivity contribution >= 4 is 0 Å². The maximum Gasteiger partial charge on any atom is 0.0693 e. The number of piperidine rings is 1. The van der Waals surface area contributed by atoms with E-state index in [0.717, 1.165) is 51.4 Å². The number of hydrogen-bond acceptors (Lipinski definition) is 5. The third kappa shape index (κ3) is 4.39. The Kier molecular flexibility index (Phi) is 5.59. The summed E-state index contributed by atoms with van der Waals surface area (Å²) in [5, 5.41) is 33.3. The predicted molar refractivity (Wildman–Crippen MR) is 73.6 cm³/mol. The standard InChI is InChI=1S/C14H27N2O3/c1-10-2-9-14(17)13(15-10)8-5-11-3-6-12(7-4-11)16(18)19/h10-15,17-18H,2-9H2,1H3/q-1. The van der Waals surface area contributed by atoms with Crippen LogP contribution in [-0.2, 0) is 0 Å². The van der Waals surface area contributed by atoms with Crippen LogP contribution in [0.25, 0.3) is 0 Å². The normalized spacial score (nSPS) is 40.6. The van der Waals surface area contributed by atoms with Gasteiger partial charge in [0.2, 0.25) is 0 Å². The molecule has 5 nitrogen and oxygen atoms in total. The van der Waals surface area contributed by atoms with Crippen molar-refractivity contribution in [1.82, 2.24) is 10.5 Å². The van der Waals surface area contributed by atoms with Gasteiger partial charge in [0.25, 0.3) is 0 Å². The summed E-state index contributed by atoms with van der Waals surface area (Å²) in [7, 11) is 0. The fraction of sp³-hybridized carbons (Fsp3) is 1.00. The van der Waals surface area contributed by atoms with Gasteiger partial charge in [0.1, 0.15) is 0 Å². The van der Waals surface area contributed by atoms with Gasteiger partial charge in [0.05, 0.1) is 6.10 Å². The van der Waals surface area contributed by atoms with Crippen molar-refractivity contribution < 1.29 is 10.3 Å². The van der Waals surface area contributed by atoms with Gasteiger partial charge in [0.15, 0.2) is 0 Å². The summed E-state index contributed by atoms with van der Waals surface area (Å²) in [6.07, 6.45) is 7.50. The highest BCUT2D eigenvalue weighted by Gasteiger charge is 2.28. The van der Waals surface area contributed by atoms with Gasteiger partial charge in [-0.25, -0.2) is 0 Å². The van der Waals surface area contributed by atoms with E-state index in [0.29, 0.717) is 12.0 Å². The zero-order valence-corrected chi connectivity index (χ0v) is 11.8. The number of hydrogen-bond donors (Lipinski definition) is 3. The van der Waals surface area contributed by atoms with Gasteiger partial charge < -0.3 is 20.8 Å². The fourth-order valence-electron chi connectivity index (χ4n) is 3.53. The van der Waals surface area contributed by atoms with Crippen molar-refractivity contribution in [3.05, 3.63) is 5.21 Å². The summed E-state index contributed by atoms with van der Waals surface area (Å²) in [4.78, 5) is 0. The van der Waals surface area contributed by atoms with Crippen molar-refractivity contribution in [2.75, 3.05) is 0 Å². The molecule has 112 valence electrons. The van der Waals surface area contributed by atoms with Gasteiger partial charge in [-0.05, 0) is 64.2 Å². The molecule has 19 heavy (non-hydrogen) atoms. The van der Waals surface area contributed by atoms with E-state index < -0.39 is 0 Å². The molecule has 2 aliphatic rings. The molecule has 1 heterocycles. The Morgan fingerprint density at radius 2 is 1.79 bits per heavy atom. The molecule has 2 fully saturated rings. The summed E-state index contributed by atoms with van der Waals surface area (Å²) in [6, 6.07) is 0.539. The highest BCUT2D eigenvalue weighted by atomic mass is 16.8. The average molecular weight is 271 g/mol. The first kappa shape index (κ1) is 15.2. The average Bonchev–Trinajstić information content (AvgIpc) is 2.40. The highest BCUT2D eigenvalue weighted by molar-refractivity contribution is 4.86. The van der Waals surface area contributed by atoms with Crippen LogP contribution < -0.4 is 5.32 Å². The lowest BCUT2D eigenvalue weighted by molar-refractivity contribution is -0.0920. The van der Waals surface area contributed by atoms with E-state index in [9.17, 15) is 10.3 Å². The van der Waals surface area contributed by atoms with Gasteiger partial charge >= 0.3 is 0 Å². The zero-order chi connectivity index (χ0) is 13.8. The quantitative estimate of drug-likeness (QED) is 0.682. The Morgan fingerprint density at radius 3 is 2.42 bits per heavy atom. The number of aliphatic hydroxyl groups excluding tert-OH is 1. The molecule has 1 saturated carbocycles. The lowest BCUT2D eigenvalue weighted by Gasteiger charge is -2.38. The van der Waals surface area contributed by atoms with E-state index in [2.05, 4.69) is 12.2 Å². The molecule has 0 aromatic heterocycles. The second-order valence-electron chi connectivity index (χ2n) is 6.37. The Labute approximate surface area is 115 Å². The van der Waals surface area contributed by atoms with Crippen molar-refractivity contribution in [1.29, 1.82) is 0 Å². The fourth-order valence-corrected chi connectivity index (χ4v) is 3.53. The van der Waals surface area contributed by atoms with E-state index >= 15 is 0 Å². The first-order valence-electron chi connectivity index (χ1n) is 7.65. The Balaban J connectivity index is 1.68. The van der Waals surface area contributed by atoms with E-state index in [4.69, 9.17) is 5.21 Å². The molecule has 0 aromatic carbocycles. The highest BCUT2D eigenvalue weighted by Crippen LogP contribution is 2.31. The van der Waals surface area contributed by atoms with Crippen molar-refractivity contribution in [2.24, 2.45) is 5.92 Å². The molecule has 3 atom stereocenters. The minimum atomic E-state index is -0.206. The van der Waals surface area contributed by atoms with Gasteiger partial charge in [0, 0.05) is 18.1 Å². The Bertz CT molecular complexity index is 267. The topological polar surface area (TPSA) is 78.8 Å². The van der Waals surface area contributed by atoms with Crippen molar-refractivity contribution in [3.63, 3.8) is 0 Å². The summed E-state index contributed by atoms with van der Waals surface area (Å²) in [5.74, 6) is 0.641. The number of nitrogens with zero attached hydrogens (tertiary/aromatic N) is 1. The summed E-state index contributed by atoms with van der Waals surface area (Å²) >= 11 is 0. The molecule has 3 N–H and O–H groups in total. The van der Waals surface area contributed by atoms with Crippen LogP contribution in [0.4, 0.5) is 0 Å². The van der Waals surface area contributed by atoms with Crippen LogP contribution in [0.2, 0.25) is 0 Å². The zero-order valence-electron chi connectivity index (χ0n) is 11.8. The number of nitrogens with one attached hydrogen (secondary N) is 1.